The predicted octanol–water partition coefficient (Wildman–Crippen LogP) is 3.29. The van der Waals surface area contributed by atoms with Crippen LogP contribution in [0.1, 0.15) is 25.7 Å². The van der Waals surface area contributed by atoms with Gasteiger partial charge in [-0.1, -0.05) is 24.2 Å². The SMILES string of the molecule is O=C(Nc1nc2cc(F)c(F)cc2s1)[C@@]12CCCC[C@H]1CNC2. The zero-order valence-corrected chi connectivity index (χ0v) is 13.3. The second-order valence-corrected chi connectivity index (χ2v) is 7.47. The Kier molecular flexibility index (Phi) is 3.57. The fraction of sp³-hybridized carbons (Fsp3) is 0.500. The van der Waals surface area contributed by atoms with Gasteiger partial charge in [-0.3, -0.25) is 4.79 Å². The topological polar surface area (TPSA) is 54.0 Å². The maximum Gasteiger partial charge on any atom is 0.233 e. The summed E-state index contributed by atoms with van der Waals surface area (Å²) in [5, 5.41) is 6.63. The number of halogens is 2. The van der Waals surface area contributed by atoms with Crippen molar-refractivity contribution in [2.45, 2.75) is 25.7 Å². The van der Waals surface area contributed by atoms with Crippen LogP contribution in [0.2, 0.25) is 0 Å². The first-order valence-corrected chi connectivity index (χ1v) is 8.68. The van der Waals surface area contributed by atoms with Gasteiger partial charge in [0.15, 0.2) is 16.8 Å². The second-order valence-electron chi connectivity index (χ2n) is 6.44. The third-order valence-electron chi connectivity index (χ3n) is 5.14. The van der Waals surface area contributed by atoms with Crippen LogP contribution in [-0.2, 0) is 4.79 Å². The van der Waals surface area contributed by atoms with Gasteiger partial charge in [0.05, 0.1) is 15.6 Å². The fourth-order valence-corrected chi connectivity index (χ4v) is 4.76. The van der Waals surface area contributed by atoms with E-state index in [1.54, 1.807) is 0 Å². The Bertz CT molecular complexity index is 739. The lowest BCUT2D eigenvalue weighted by Gasteiger charge is -2.36. The number of anilines is 1. The number of benzene rings is 1. The van der Waals surface area contributed by atoms with Gasteiger partial charge in [-0.15, -0.1) is 0 Å². The molecule has 2 aliphatic rings. The molecule has 4 nitrogen and oxygen atoms in total. The summed E-state index contributed by atoms with van der Waals surface area (Å²) in [6.07, 6.45) is 4.17. The van der Waals surface area contributed by atoms with Crippen molar-refractivity contribution in [3.05, 3.63) is 23.8 Å². The van der Waals surface area contributed by atoms with Crippen LogP contribution in [0, 0.1) is 23.0 Å². The second kappa shape index (κ2) is 5.49. The third-order valence-corrected chi connectivity index (χ3v) is 6.07. The highest BCUT2D eigenvalue weighted by molar-refractivity contribution is 7.22. The van der Waals surface area contributed by atoms with E-state index in [0.717, 1.165) is 37.9 Å². The average molecular weight is 337 g/mol. The number of amides is 1. The molecule has 1 saturated carbocycles. The van der Waals surface area contributed by atoms with Crippen LogP contribution >= 0.6 is 11.3 Å². The van der Waals surface area contributed by atoms with Crippen molar-refractivity contribution >= 4 is 32.6 Å². The van der Waals surface area contributed by atoms with Gasteiger partial charge in [-0.25, -0.2) is 13.8 Å². The van der Waals surface area contributed by atoms with Gasteiger partial charge in [0, 0.05) is 12.6 Å². The Balaban J connectivity index is 1.61. The number of fused-ring (bicyclic) bond motifs is 2. The molecule has 1 aliphatic carbocycles. The minimum Gasteiger partial charge on any atom is -0.315 e. The maximum absolute atomic E-state index is 13.3. The number of hydrogen-bond acceptors (Lipinski definition) is 4. The van der Waals surface area contributed by atoms with Crippen molar-refractivity contribution in [1.82, 2.24) is 10.3 Å². The van der Waals surface area contributed by atoms with Crippen LogP contribution in [0.4, 0.5) is 13.9 Å². The van der Waals surface area contributed by atoms with E-state index >= 15 is 0 Å². The zero-order chi connectivity index (χ0) is 16.0. The third kappa shape index (κ3) is 2.42. The highest BCUT2D eigenvalue weighted by atomic mass is 32.1. The van der Waals surface area contributed by atoms with Crippen molar-refractivity contribution in [3.8, 4) is 0 Å². The molecule has 0 radical (unpaired) electrons. The number of nitrogens with zero attached hydrogens (tertiary/aromatic N) is 1. The molecule has 4 rings (SSSR count). The molecule has 1 aliphatic heterocycles. The smallest absolute Gasteiger partial charge is 0.233 e. The monoisotopic (exact) mass is 337 g/mol. The summed E-state index contributed by atoms with van der Waals surface area (Å²) < 4.78 is 27.1. The number of nitrogens with one attached hydrogen (secondary N) is 2. The molecule has 2 fully saturated rings. The predicted molar refractivity (Wildman–Crippen MR) is 85.4 cm³/mol. The summed E-state index contributed by atoms with van der Waals surface area (Å²) in [4.78, 5) is 17.1. The Morgan fingerprint density at radius 2 is 2.17 bits per heavy atom. The lowest BCUT2D eigenvalue weighted by molar-refractivity contribution is -0.128. The molecule has 1 aromatic carbocycles. The van der Waals surface area contributed by atoms with E-state index in [1.165, 1.54) is 17.8 Å². The van der Waals surface area contributed by atoms with Crippen molar-refractivity contribution in [1.29, 1.82) is 0 Å². The Hall–Kier alpha value is -1.60. The molecule has 1 aromatic heterocycles. The molecule has 1 saturated heterocycles. The molecule has 2 heterocycles. The molecule has 2 N–H and O–H groups in total. The first-order valence-electron chi connectivity index (χ1n) is 7.86. The summed E-state index contributed by atoms with van der Waals surface area (Å²) in [6.45, 7) is 1.57. The Labute approximate surface area is 136 Å². The molecule has 0 unspecified atom stereocenters. The van der Waals surface area contributed by atoms with Crippen LogP contribution in [0.15, 0.2) is 12.1 Å². The molecule has 0 spiro atoms. The van der Waals surface area contributed by atoms with Gasteiger partial charge in [0.1, 0.15) is 0 Å². The Morgan fingerprint density at radius 1 is 1.35 bits per heavy atom. The summed E-state index contributed by atoms with van der Waals surface area (Å²) in [5.74, 6) is -1.48. The number of thiazole rings is 1. The van der Waals surface area contributed by atoms with E-state index in [1.807, 2.05) is 0 Å². The Morgan fingerprint density at radius 3 is 3.04 bits per heavy atom. The molecule has 2 atom stereocenters. The number of carbonyl (C=O) groups excluding carboxylic acids is 1. The van der Waals surface area contributed by atoms with Crippen LogP contribution in [0.3, 0.4) is 0 Å². The van der Waals surface area contributed by atoms with Gasteiger partial charge in [-0.05, 0) is 31.4 Å². The normalized spacial score (nSPS) is 27.1. The maximum atomic E-state index is 13.3. The lowest BCUT2D eigenvalue weighted by atomic mass is 9.68. The van der Waals surface area contributed by atoms with Crippen LogP contribution < -0.4 is 10.6 Å². The van der Waals surface area contributed by atoms with E-state index in [9.17, 15) is 13.6 Å². The van der Waals surface area contributed by atoms with Crippen molar-refractivity contribution < 1.29 is 13.6 Å². The van der Waals surface area contributed by atoms with Crippen molar-refractivity contribution in [3.63, 3.8) is 0 Å². The van der Waals surface area contributed by atoms with Crippen molar-refractivity contribution in [2.24, 2.45) is 11.3 Å². The number of aromatic nitrogens is 1. The largest absolute Gasteiger partial charge is 0.315 e. The van der Waals surface area contributed by atoms with Gasteiger partial charge >= 0.3 is 0 Å². The highest BCUT2D eigenvalue weighted by Crippen LogP contribution is 2.44. The lowest BCUT2D eigenvalue weighted by Crippen LogP contribution is -2.44. The highest BCUT2D eigenvalue weighted by Gasteiger charge is 2.50. The van der Waals surface area contributed by atoms with E-state index in [-0.39, 0.29) is 11.3 Å². The van der Waals surface area contributed by atoms with E-state index < -0.39 is 11.6 Å². The van der Waals surface area contributed by atoms with Crippen LogP contribution in [0.5, 0.6) is 0 Å². The molecule has 122 valence electrons. The molecular formula is C16H17F2N3OS. The summed E-state index contributed by atoms with van der Waals surface area (Å²) in [6, 6.07) is 2.19. The minimum absolute atomic E-state index is 0.0211. The van der Waals surface area contributed by atoms with Gasteiger partial charge in [-0.2, -0.15) is 0 Å². The zero-order valence-electron chi connectivity index (χ0n) is 12.5. The minimum atomic E-state index is -0.924. The van der Waals surface area contributed by atoms with Gasteiger partial charge < -0.3 is 10.6 Å². The number of hydrogen-bond donors (Lipinski definition) is 2. The average Bonchev–Trinajstić information content (AvgIpc) is 3.12. The first-order chi connectivity index (χ1) is 11.1. The molecule has 7 heteroatoms. The molecular weight excluding hydrogens is 320 g/mol. The fourth-order valence-electron chi connectivity index (χ4n) is 3.89. The van der Waals surface area contributed by atoms with E-state index in [2.05, 4.69) is 15.6 Å². The molecule has 2 aromatic rings. The number of rotatable bonds is 2. The van der Waals surface area contributed by atoms with E-state index in [0.29, 0.717) is 27.8 Å². The molecule has 23 heavy (non-hydrogen) atoms. The van der Waals surface area contributed by atoms with Gasteiger partial charge in [0.25, 0.3) is 0 Å². The van der Waals surface area contributed by atoms with Crippen LogP contribution in [0.25, 0.3) is 10.2 Å². The summed E-state index contributed by atoms with van der Waals surface area (Å²) in [5.41, 5.74) is -0.00137. The van der Waals surface area contributed by atoms with E-state index in [4.69, 9.17) is 0 Å². The van der Waals surface area contributed by atoms with Gasteiger partial charge in [0.2, 0.25) is 5.91 Å². The van der Waals surface area contributed by atoms with Crippen LogP contribution in [-0.4, -0.2) is 24.0 Å². The first kappa shape index (κ1) is 15.0. The quantitative estimate of drug-likeness (QED) is 0.884. The molecule has 0 bridgehead atoms. The summed E-state index contributed by atoms with van der Waals surface area (Å²) in [7, 11) is 0. The van der Waals surface area contributed by atoms with Crippen molar-refractivity contribution in [2.75, 3.05) is 18.4 Å². The molecule has 1 amide bonds. The summed E-state index contributed by atoms with van der Waals surface area (Å²) >= 11 is 1.17. The standard InChI is InChI=1S/C16H17F2N3OS/c17-10-5-12-13(6-11(10)18)23-15(20-12)21-14(22)16-4-2-1-3-9(16)7-19-8-16/h5-6,9,19H,1-4,7-8H2,(H,20,21,22)/t9-,16+/m0/s1. The number of carbonyl (C=O) groups is 1.